The second kappa shape index (κ2) is 9.27. The zero-order chi connectivity index (χ0) is 19.1. The van der Waals surface area contributed by atoms with Crippen LogP contribution in [-0.4, -0.2) is 19.1 Å². The fourth-order valence-electron chi connectivity index (χ4n) is 3.01. The second-order valence-electron chi connectivity index (χ2n) is 6.58. The van der Waals surface area contributed by atoms with Crippen molar-refractivity contribution in [1.82, 2.24) is 5.32 Å². The van der Waals surface area contributed by atoms with Crippen molar-refractivity contribution in [3.05, 3.63) is 59.2 Å². The lowest BCUT2D eigenvalue weighted by atomic mass is 10.0. The van der Waals surface area contributed by atoms with Crippen LogP contribution in [0.1, 0.15) is 49.4 Å². The van der Waals surface area contributed by atoms with Gasteiger partial charge >= 0.3 is 0 Å². The van der Waals surface area contributed by atoms with Crippen molar-refractivity contribution in [3.8, 4) is 11.5 Å². The quantitative estimate of drug-likeness (QED) is 0.744. The predicted molar refractivity (Wildman–Crippen MR) is 105 cm³/mol. The molecule has 0 radical (unpaired) electrons. The molecule has 2 atom stereocenters. The van der Waals surface area contributed by atoms with Gasteiger partial charge in [0.25, 0.3) is 5.91 Å². The van der Waals surface area contributed by atoms with Crippen molar-refractivity contribution < 1.29 is 14.3 Å². The third-order valence-electron chi connectivity index (χ3n) is 4.38. The van der Waals surface area contributed by atoms with Crippen molar-refractivity contribution in [2.75, 3.05) is 7.11 Å². The van der Waals surface area contributed by atoms with Crippen LogP contribution in [-0.2, 0) is 4.79 Å². The predicted octanol–water partition coefficient (Wildman–Crippen LogP) is 4.74. The fraction of sp³-hybridized carbons (Fsp3) is 0.409. The van der Waals surface area contributed by atoms with Gasteiger partial charge in [-0.15, -0.1) is 0 Å². The molecular weight excluding hydrogens is 326 g/mol. The summed E-state index contributed by atoms with van der Waals surface area (Å²) < 4.78 is 11.2. The number of methoxy groups -OCH3 is 1. The molecule has 0 saturated heterocycles. The first-order valence-electron chi connectivity index (χ1n) is 9.16. The Labute approximate surface area is 156 Å². The summed E-state index contributed by atoms with van der Waals surface area (Å²) in [6.07, 6.45) is 0.902. The van der Waals surface area contributed by atoms with Crippen LogP contribution in [0.2, 0.25) is 0 Å². The topological polar surface area (TPSA) is 47.6 Å². The van der Waals surface area contributed by atoms with Gasteiger partial charge in [-0.2, -0.15) is 0 Å². The van der Waals surface area contributed by atoms with Gasteiger partial charge in [-0.1, -0.05) is 32.0 Å². The highest BCUT2D eigenvalue weighted by Gasteiger charge is 2.22. The number of amides is 1. The summed E-state index contributed by atoms with van der Waals surface area (Å²) in [6, 6.07) is 13.8. The summed E-state index contributed by atoms with van der Waals surface area (Å²) >= 11 is 0. The molecule has 0 aliphatic rings. The normalized spacial score (nSPS) is 13.0. The fourth-order valence-corrected chi connectivity index (χ4v) is 3.01. The van der Waals surface area contributed by atoms with Crippen molar-refractivity contribution in [1.29, 1.82) is 0 Å². The lowest BCUT2D eigenvalue weighted by Gasteiger charge is -2.23. The van der Waals surface area contributed by atoms with E-state index in [-0.39, 0.29) is 11.9 Å². The second-order valence-corrected chi connectivity index (χ2v) is 6.58. The third-order valence-corrected chi connectivity index (χ3v) is 4.38. The highest BCUT2D eigenvalue weighted by Crippen LogP contribution is 2.22. The molecule has 4 nitrogen and oxygen atoms in total. The Morgan fingerprint density at radius 1 is 0.962 bits per heavy atom. The number of carbonyl (C=O) groups is 1. The monoisotopic (exact) mass is 355 g/mol. The molecule has 26 heavy (non-hydrogen) atoms. The van der Waals surface area contributed by atoms with Crippen LogP contribution in [0.3, 0.4) is 0 Å². The SMILES string of the molecule is CC[C@H](NC(=O)[C@@H](CC)Oc1cc(C)cc(C)c1)c1ccc(OC)cc1. The molecule has 0 unspecified atom stereocenters. The van der Waals surface area contributed by atoms with E-state index in [1.807, 2.05) is 57.2 Å². The number of ether oxygens (including phenoxy) is 2. The van der Waals surface area contributed by atoms with Gasteiger partial charge in [-0.3, -0.25) is 4.79 Å². The summed E-state index contributed by atoms with van der Waals surface area (Å²) in [6.45, 7) is 8.07. The van der Waals surface area contributed by atoms with Gasteiger partial charge in [0.1, 0.15) is 11.5 Å². The van der Waals surface area contributed by atoms with E-state index in [9.17, 15) is 4.79 Å². The largest absolute Gasteiger partial charge is 0.497 e. The van der Waals surface area contributed by atoms with Crippen LogP contribution in [0.4, 0.5) is 0 Å². The molecule has 0 saturated carbocycles. The first-order chi connectivity index (χ1) is 12.5. The van der Waals surface area contributed by atoms with E-state index >= 15 is 0 Å². The number of benzene rings is 2. The molecule has 0 bridgehead atoms. The summed E-state index contributed by atoms with van der Waals surface area (Å²) in [5.74, 6) is 1.45. The number of hydrogen-bond acceptors (Lipinski definition) is 3. The molecule has 1 amide bonds. The van der Waals surface area contributed by atoms with Crippen molar-refractivity contribution in [3.63, 3.8) is 0 Å². The molecule has 0 spiro atoms. The summed E-state index contributed by atoms with van der Waals surface area (Å²) in [4.78, 5) is 12.8. The smallest absolute Gasteiger partial charge is 0.261 e. The Kier molecular flexibility index (Phi) is 7.07. The van der Waals surface area contributed by atoms with Crippen LogP contribution >= 0.6 is 0 Å². The van der Waals surface area contributed by atoms with Gasteiger partial charge in [-0.05, 0) is 67.6 Å². The Morgan fingerprint density at radius 2 is 1.58 bits per heavy atom. The first-order valence-corrected chi connectivity index (χ1v) is 9.16. The maximum Gasteiger partial charge on any atom is 0.261 e. The van der Waals surface area contributed by atoms with Crippen molar-refractivity contribution in [2.45, 2.75) is 52.7 Å². The highest BCUT2D eigenvalue weighted by molar-refractivity contribution is 5.81. The summed E-state index contributed by atoms with van der Waals surface area (Å²) in [5, 5.41) is 3.12. The van der Waals surface area contributed by atoms with Gasteiger partial charge in [0.2, 0.25) is 0 Å². The molecule has 2 aromatic rings. The number of rotatable bonds is 8. The molecule has 1 N–H and O–H groups in total. The molecular formula is C22H29NO3. The zero-order valence-electron chi connectivity index (χ0n) is 16.3. The lowest BCUT2D eigenvalue weighted by Crippen LogP contribution is -2.40. The molecule has 4 heteroatoms. The third kappa shape index (κ3) is 5.25. The molecule has 0 fully saturated rings. The summed E-state index contributed by atoms with van der Waals surface area (Å²) in [5.41, 5.74) is 3.31. The van der Waals surface area contributed by atoms with Gasteiger partial charge in [0.15, 0.2) is 6.10 Å². The first kappa shape index (κ1) is 19.8. The van der Waals surface area contributed by atoms with Crippen LogP contribution in [0, 0.1) is 13.8 Å². The van der Waals surface area contributed by atoms with E-state index in [0.29, 0.717) is 6.42 Å². The van der Waals surface area contributed by atoms with Gasteiger partial charge in [-0.25, -0.2) is 0 Å². The van der Waals surface area contributed by atoms with E-state index in [2.05, 4.69) is 18.3 Å². The van der Waals surface area contributed by atoms with E-state index in [4.69, 9.17) is 9.47 Å². The Bertz CT molecular complexity index is 704. The van der Waals surface area contributed by atoms with Crippen LogP contribution in [0.25, 0.3) is 0 Å². The van der Waals surface area contributed by atoms with Crippen LogP contribution in [0.15, 0.2) is 42.5 Å². The number of hydrogen-bond donors (Lipinski definition) is 1. The van der Waals surface area contributed by atoms with E-state index in [1.54, 1.807) is 7.11 Å². The minimum absolute atomic E-state index is 0.0506. The number of nitrogens with one attached hydrogen (secondary N) is 1. The number of aryl methyl sites for hydroxylation is 2. The van der Waals surface area contributed by atoms with Crippen LogP contribution < -0.4 is 14.8 Å². The van der Waals surface area contributed by atoms with E-state index in [0.717, 1.165) is 34.6 Å². The van der Waals surface area contributed by atoms with E-state index in [1.165, 1.54) is 0 Å². The Morgan fingerprint density at radius 3 is 2.08 bits per heavy atom. The minimum atomic E-state index is -0.511. The molecule has 0 aromatic heterocycles. The lowest BCUT2D eigenvalue weighted by molar-refractivity contribution is -0.128. The highest BCUT2D eigenvalue weighted by atomic mass is 16.5. The maximum atomic E-state index is 12.8. The standard InChI is InChI=1S/C22H29NO3/c1-6-20(17-8-10-18(25-5)11-9-17)23-22(24)21(7-2)26-19-13-15(3)12-16(4)14-19/h8-14,20-21H,6-7H2,1-5H3,(H,23,24)/t20-,21+/m0/s1. The maximum absolute atomic E-state index is 12.8. The van der Waals surface area contributed by atoms with E-state index < -0.39 is 6.10 Å². The molecule has 2 rings (SSSR count). The van der Waals surface area contributed by atoms with Crippen molar-refractivity contribution >= 4 is 5.91 Å². The van der Waals surface area contributed by atoms with Crippen molar-refractivity contribution in [2.24, 2.45) is 0 Å². The molecule has 140 valence electrons. The molecule has 0 aliphatic carbocycles. The van der Waals surface area contributed by atoms with Gasteiger partial charge in [0.05, 0.1) is 13.2 Å². The van der Waals surface area contributed by atoms with Crippen LogP contribution in [0.5, 0.6) is 11.5 Å². The molecule has 0 aliphatic heterocycles. The van der Waals surface area contributed by atoms with Gasteiger partial charge < -0.3 is 14.8 Å². The van der Waals surface area contributed by atoms with Gasteiger partial charge in [0, 0.05) is 0 Å². The summed E-state index contributed by atoms with van der Waals surface area (Å²) in [7, 11) is 1.64. The number of carbonyl (C=O) groups excluding carboxylic acids is 1. The molecule has 0 heterocycles. The Balaban J connectivity index is 2.08. The minimum Gasteiger partial charge on any atom is -0.497 e. The average molecular weight is 355 g/mol. The molecule has 2 aromatic carbocycles. The zero-order valence-corrected chi connectivity index (χ0v) is 16.3. The average Bonchev–Trinajstić information content (AvgIpc) is 2.63. The Hall–Kier alpha value is -2.49.